The normalized spacial score (nSPS) is 10.9. The first-order valence-corrected chi connectivity index (χ1v) is 7.34. The molecular formula is C18H13N3O4. The van der Waals surface area contributed by atoms with Crippen molar-refractivity contribution in [2.75, 3.05) is 0 Å². The third-order valence-electron chi connectivity index (χ3n) is 3.59. The number of non-ortho nitro benzene ring substituents is 1. The van der Waals surface area contributed by atoms with Crippen molar-refractivity contribution in [2.24, 2.45) is 5.10 Å². The maximum absolute atomic E-state index is 12.2. The van der Waals surface area contributed by atoms with Crippen LogP contribution in [0, 0.1) is 10.1 Å². The number of benzene rings is 3. The number of nitro groups is 1. The zero-order chi connectivity index (χ0) is 17.8. The zero-order valence-electron chi connectivity index (χ0n) is 12.9. The van der Waals surface area contributed by atoms with E-state index >= 15 is 0 Å². The van der Waals surface area contributed by atoms with Crippen molar-refractivity contribution >= 4 is 28.6 Å². The molecule has 0 aliphatic heterocycles. The third kappa shape index (κ3) is 3.61. The van der Waals surface area contributed by atoms with E-state index in [-0.39, 0.29) is 17.0 Å². The van der Waals surface area contributed by atoms with Gasteiger partial charge in [0.05, 0.1) is 16.7 Å². The van der Waals surface area contributed by atoms with Gasteiger partial charge in [-0.2, -0.15) is 5.10 Å². The van der Waals surface area contributed by atoms with Gasteiger partial charge in [0.1, 0.15) is 5.75 Å². The summed E-state index contributed by atoms with van der Waals surface area (Å²) in [4.78, 5) is 22.3. The van der Waals surface area contributed by atoms with Gasteiger partial charge in [0.25, 0.3) is 11.6 Å². The van der Waals surface area contributed by atoms with E-state index in [0.717, 1.165) is 10.8 Å². The first kappa shape index (κ1) is 16.1. The number of hydrazone groups is 1. The van der Waals surface area contributed by atoms with E-state index in [4.69, 9.17) is 0 Å². The topological polar surface area (TPSA) is 105 Å². The molecular weight excluding hydrogens is 322 g/mol. The van der Waals surface area contributed by atoms with E-state index in [1.165, 1.54) is 36.5 Å². The molecule has 0 fully saturated rings. The number of carbonyl (C=O) groups is 1. The number of amides is 1. The second-order valence-electron chi connectivity index (χ2n) is 5.26. The lowest BCUT2D eigenvalue weighted by Gasteiger charge is -2.05. The Hall–Kier alpha value is -3.74. The largest absolute Gasteiger partial charge is 0.507 e. The maximum atomic E-state index is 12.2. The van der Waals surface area contributed by atoms with E-state index in [9.17, 15) is 20.0 Å². The predicted molar refractivity (Wildman–Crippen MR) is 93.8 cm³/mol. The summed E-state index contributed by atoms with van der Waals surface area (Å²) in [5.41, 5.74) is 3.00. The van der Waals surface area contributed by atoms with Crippen LogP contribution in [0.1, 0.15) is 15.9 Å². The molecule has 0 aliphatic carbocycles. The van der Waals surface area contributed by atoms with Crippen LogP contribution in [0.25, 0.3) is 10.8 Å². The highest BCUT2D eigenvalue weighted by molar-refractivity contribution is 6.01. The van der Waals surface area contributed by atoms with Crippen molar-refractivity contribution in [3.8, 4) is 5.75 Å². The van der Waals surface area contributed by atoms with Gasteiger partial charge in [-0.05, 0) is 40.6 Å². The summed E-state index contributed by atoms with van der Waals surface area (Å²) in [7, 11) is 0. The Bertz CT molecular complexity index is 981. The number of rotatable bonds is 4. The SMILES string of the molecule is O=C(N/N=C/c1ccc([N+](=O)[O-])cc1)c1cc2ccccc2cc1O. The Morgan fingerprint density at radius 2 is 1.72 bits per heavy atom. The number of nitro benzene ring substituents is 1. The minimum atomic E-state index is -0.554. The minimum Gasteiger partial charge on any atom is -0.507 e. The van der Waals surface area contributed by atoms with Crippen LogP contribution >= 0.6 is 0 Å². The summed E-state index contributed by atoms with van der Waals surface area (Å²) in [6, 6.07) is 16.2. The summed E-state index contributed by atoms with van der Waals surface area (Å²) < 4.78 is 0. The van der Waals surface area contributed by atoms with Crippen molar-refractivity contribution in [1.29, 1.82) is 0 Å². The fourth-order valence-electron chi connectivity index (χ4n) is 2.32. The Labute approximate surface area is 142 Å². The highest BCUT2D eigenvalue weighted by atomic mass is 16.6. The molecule has 3 rings (SSSR count). The number of fused-ring (bicyclic) bond motifs is 1. The van der Waals surface area contributed by atoms with Crippen molar-refractivity contribution < 1.29 is 14.8 Å². The van der Waals surface area contributed by atoms with Gasteiger partial charge in [-0.15, -0.1) is 0 Å². The summed E-state index contributed by atoms with van der Waals surface area (Å²) in [6.07, 6.45) is 1.36. The molecule has 124 valence electrons. The molecule has 7 nitrogen and oxygen atoms in total. The first-order chi connectivity index (χ1) is 12.0. The standard InChI is InChI=1S/C18H13N3O4/c22-17-10-14-4-2-1-3-13(14)9-16(17)18(23)20-19-11-12-5-7-15(8-6-12)21(24)25/h1-11,22H,(H,20,23)/b19-11+. The summed E-state index contributed by atoms with van der Waals surface area (Å²) >= 11 is 0. The van der Waals surface area contributed by atoms with Crippen LogP contribution in [0.15, 0.2) is 65.8 Å². The zero-order valence-corrected chi connectivity index (χ0v) is 12.9. The summed E-state index contributed by atoms with van der Waals surface area (Å²) in [5, 5.41) is 26.0. The molecule has 1 amide bonds. The van der Waals surface area contributed by atoms with Gasteiger partial charge in [-0.25, -0.2) is 5.43 Å². The van der Waals surface area contributed by atoms with Crippen LogP contribution in [0.4, 0.5) is 5.69 Å². The minimum absolute atomic E-state index is 0.0257. The van der Waals surface area contributed by atoms with Gasteiger partial charge in [-0.3, -0.25) is 14.9 Å². The van der Waals surface area contributed by atoms with Gasteiger partial charge in [0.15, 0.2) is 0 Å². The molecule has 0 bridgehead atoms. The molecule has 0 aromatic heterocycles. The number of hydrogen-bond acceptors (Lipinski definition) is 5. The van der Waals surface area contributed by atoms with Crippen LogP contribution in [-0.4, -0.2) is 22.2 Å². The molecule has 0 atom stereocenters. The monoisotopic (exact) mass is 335 g/mol. The van der Waals surface area contributed by atoms with Gasteiger partial charge >= 0.3 is 0 Å². The van der Waals surface area contributed by atoms with Gasteiger partial charge in [0.2, 0.25) is 0 Å². The molecule has 0 aliphatic rings. The van der Waals surface area contributed by atoms with Gasteiger partial charge < -0.3 is 5.11 Å². The first-order valence-electron chi connectivity index (χ1n) is 7.34. The highest BCUT2D eigenvalue weighted by Crippen LogP contribution is 2.24. The van der Waals surface area contributed by atoms with Crippen molar-refractivity contribution in [3.05, 3.63) is 81.9 Å². The van der Waals surface area contributed by atoms with Crippen LogP contribution in [0.3, 0.4) is 0 Å². The van der Waals surface area contributed by atoms with E-state index in [1.54, 1.807) is 6.07 Å². The quantitative estimate of drug-likeness (QED) is 0.434. The smallest absolute Gasteiger partial charge is 0.275 e. The average Bonchev–Trinajstić information content (AvgIpc) is 2.61. The van der Waals surface area contributed by atoms with E-state index in [2.05, 4.69) is 10.5 Å². The van der Waals surface area contributed by atoms with Crippen LogP contribution in [0.2, 0.25) is 0 Å². The molecule has 7 heteroatoms. The second kappa shape index (κ2) is 6.79. The Morgan fingerprint density at radius 1 is 1.08 bits per heavy atom. The fourth-order valence-corrected chi connectivity index (χ4v) is 2.32. The van der Waals surface area contributed by atoms with Crippen LogP contribution in [-0.2, 0) is 0 Å². The van der Waals surface area contributed by atoms with Crippen molar-refractivity contribution in [3.63, 3.8) is 0 Å². The molecule has 0 radical (unpaired) electrons. The molecule has 0 spiro atoms. The Balaban J connectivity index is 1.74. The Morgan fingerprint density at radius 3 is 2.36 bits per heavy atom. The lowest BCUT2D eigenvalue weighted by molar-refractivity contribution is -0.384. The lowest BCUT2D eigenvalue weighted by Crippen LogP contribution is -2.17. The Kier molecular flexibility index (Phi) is 4.38. The molecule has 0 unspecified atom stereocenters. The molecule has 0 saturated carbocycles. The number of hydrogen-bond donors (Lipinski definition) is 2. The van der Waals surface area contributed by atoms with Gasteiger partial charge in [-0.1, -0.05) is 24.3 Å². The highest BCUT2D eigenvalue weighted by Gasteiger charge is 2.11. The maximum Gasteiger partial charge on any atom is 0.275 e. The number of phenols is 1. The number of nitrogens with one attached hydrogen (secondary N) is 1. The predicted octanol–water partition coefficient (Wildman–Crippen LogP) is 3.22. The molecule has 0 saturated heterocycles. The van der Waals surface area contributed by atoms with E-state index in [1.807, 2.05) is 24.3 Å². The van der Waals surface area contributed by atoms with Crippen LogP contribution < -0.4 is 5.43 Å². The lowest BCUT2D eigenvalue weighted by atomic mass is 10.1. The molecule has 2 N–H and O–H groups in total. The summed E-state index contributed by atoms with van der Waals surface area (Å²) in [5.74, 6) is -0.692. The van der Waals surface area contributed by atoms with E-state index < -0.39 is 10.8 Å². The molecule has 25 heavy (non-hydrogen) atoms. The summed E-state index contributed by atoms with van der Waals surface area (Å²) in [6.45, 7) is 0. The van der Waals surface area contributed by atoms with Gasteiger partial charge in [0, 0.05) is 12.1 Å². The van der Waals surface area contributed by atoms with Crippen molar-refractivity contribution in [2.45, 2.75) is 0 Å². The number of phenolic OH excluding ortho intramolecular Hbond substituents is 1. The second-order valence-corrected chi connectivity index (χ2v) is 5.26. The molecule has 0 heterocycles. The average molecular weight is 335 g/mol. The molecule has 3 aromatic carbocycles. The number of carbonyl (C=O) groups excluding carboxylic acids is 1. The number of aromatic hydroxyl groups is 1. The fraction of sp³-hybridized carbons (Fsp3) is 0. The van der Waals surface area contributed by atoms with Crippen LogP contribution in [0.5, 0.6) is 5.75 Å². The third-order valence-corrected chi connectivity index (χ3v) is 3.59. The number of nitrogens with zero attached hydrogens (tertiary/aromatic N) is 2. The molecule has 3 aromatic rings. The van der Waals surface area contributed by atoms with Crippen molar-refractivity contribution in [1.82, 2.24) is 5.43 Å². The van der Waals surface area contributed by atoms with E-state index in [0.29, 0.717) is 5.56 Å².